The smallest absolute Gasteiger partial charge is 0.261 e. The normalized spacial score (nSPS) is 10.5. The maximum absolute atomic E-state index is 11.9. The summed E-state index contributed by atoms with van der Waals surface area (Å²) in [6, 6.07) is 3.98. The number of carbonyl (C=O) groups excluding carboxylic acids is 1. The molecule has 0 radical (unpaired) electrons. The Morgan fingerprint density at radius 1 is 1.41 bits per heavy atom. The summed E-state index contributed by atoms with van der Waals surface area (Å²) in [5, 5.41) is 4.99. The first-order valence-corrected chi connectivity index (χ1v) is 7.64. The summed E-state index contributed by atoms with van der Waals surface area (Å²) in [5.74, 6) is -0.00315. The zero-order chi connectivity index (χ0) is 12.4. The highest BCUT2D eigenvalue weighted by Crippen LogP contribution is 2.27. The highest BCUT2D eigenvalue weighted by molar-refractivity contribution is 9.11. The van der Waals surface area contributed by atoms with Crippen LogP contribution in [0.25, 0.3) is 0 Å². The van der Waals surface area contributed by atoms with Crippen LogP contribution in [0.15, 0.2) is 21.3 Å². The fourth-order valence-corrected chi connectivity index (χ4v) is 3.70. The monoisotopic (exact) mass is 329 g/mol. The standard InChI is InChI=1S/C12H12BrNOS2/c1-7-3-4-16-10(7)6-14-12(15)9-5-8(2)11(13)17-9/h3-5H,6H2,1-2H3,(H,14,15). The second kappa shape index (κ2) is 5.33. The molecule has 2 aromatic heterocycles. The summed E-state index contributed by atoms with van der Waals surface area (Å²) in [6.07, 6.45) is 0. The summed E-state index contributed by atoms with van der Waals surface area (Å²) >= 11 is 6.57. The largest absolute Gasteiger partial charge is 0.346 e. The third-order valence-electron chi connectivity index (χ3n) is 2.46. The summed E-state index contributed by atoms with van der Waals surface area (Å²) in [5.41, 5.74) is 2.34. The lowest BCUT2D eigenvalue weighted by atomic mass is 10.3. The Morgan fingerprint density at radius 2 is 2.18 bits per heavy atom. The average molecular weight is 330 g/mol. The molecule has 1 N–H and O–H groups in total. The van der Waals surface area contributed by atoms with E-state index in [4.69, 9.17) is 0 Å². The van der Waals surface area contributed by atoms with Crippen LogP contribution in [-0.4, -0.2) is 5.91 Å². The molecule has 0 saturated carbocycles. The van der Waals surface area contributed by atoms with Crippen LogP contribution in [0.3, 0.4) is 0 Å². The molecule has 5 heteroatoms. The number of rotatable bonds is 3. The van der Waals surface area contributed by atoms with Crippen molar-refractivity contribution in [3.05, 3.63) is 42.2 Å². The lowest BCUT2D eigenvalue weighted by molar-refractivity contribution is 0.0955. The van der Waals surface area contributed by atoms with E-state index in [0.717, 1.165) is 14.2 Å². The van der Waals surface area contributed by atoms with Gasteiger partial charge in [-0.2, -0.15) is 0 Å². The Morgan fingerprint density at radius 3 is 2.71 bits per heavy atom. The van der Waals surface area contributed by atoms with Crippen molar-refractivity contribution in [2.45, 2.75) is 20.4 Å². The molecule has 90 valence electrons. The number of aryl methyl sites for hydroxylation is 2. The van der Waals surface area contributed by atoms with E-state index < -0.39 is 0 Å². The Hall–Kier alpha value is -0.650. The van der Waals surface area contributed by atoms with Gasteiger partial charge >= 0.3 is 0 Å². The van der Waals surface area contributed by atoms with Crippen LogP contribution >= 0.6 is 38.6 Å². The first-order chi connectivity index (χ1) is 8.08. The summed E-state index contributed by atoms with van der Waals surface area (Å²) < 4.78 is 1.02. The number of hydrogen-bond acceptors (Lipinski definition) is 3. The van der Waals surface area contributed by atoms with Crippen LogP contribution in [0.4, 0.5) is 0 Å². The molecule has 1 amide bonds. The second-order valence-electron chi connectivity index (χ2n) is 3.78. The van der Waals surface area contributed by atoms with E-state index in [2.05, 4.69) is 34.2 Å². The summed E-state index contributed by atoms with van der Waals surface area (Å²) in [7, 11) is 0. The van der Waals surface area contributed by atoms with Gasteiger partial charge in [-0.05, 0) is 58.4 Å². The number of thiophene rings is 2. The summed E-state index contributed by atoms with van der Waals surface area (Å²) in [6.45, 7) is 4.65. The van der Waals surface area contributed by atoms with Gasteiger partial charge in [0.1, 0.15) is 0 Å². The molecular formula is C12H12BrNOS2. The number of hydrogen-bond donors (Lipinski definition) is 1. The van der Waals surface area contributed by atoms with E-state index in [1.807, 2.05) is 18.4 Å². The van der Waals surface area contributed by atoms with Gasteiger partial charge in [0.05, 0.1) is 15.2 Å². The lowest BCUT2D eigenvalue weighted by Gasteiger charge is -2.02. The minimum Gasteiger partial charge on any atom is -0.346 e. The Bertz CT molecular complexity index is 525. The molecule has 2 rings (SSSR count). The van der Waals surface area contributed by atoms with Gasteiger partial charge < -0.3 is 5.32 Å². The highest BCUT2D eigenvalue weighted by Gasteiger charge is 2.11. The van der Waals surface area contributed by atoms with Crippen LogP contribution in [0.2, 0.25) is 0 Å². The van der Waals surface area contributed by atoms with E-state index in [1.54, 1.807) is 11.3 Å². The molecule has 2 aromatic rings. The second-order valence-corrected chi connectivity index (χ2v) is 7.15. The average Bonchev–Trinajstić information content (AvgIpc) is 2.83. The van der Waals surface area contributed by atoms with Crippen molar-refractivity contribution in [3.63, 3.8) is 0 Å². The van der Waals surface area contributed by atoms with Crippen molar-refractivity contribution in [1.29, 1.82) is 0 Å². The first kappa shape index (κ1) is 12.8. The Balaban J connectivity index is 2.00. The molecular weight excluding hydrogens is 318 g/mol. The van der Waals surface area contributed by atoms with E-state index >= 15 is 0 Å². The minimum absolute atomic E-state index is 0.00315. The molecule has 0 unspecified atom stereocenters. The highest BCUT2D eigenvalue weighted by atomic mass is 79.9. The van der Waals surface area contributed by atoms with E-state index in [0.29, 0.717) is 6.54 Å². The molecule has 0 saturated heterocycles. The first-order valence-electron chi connectivity index (χ1n) is 5.15. The fourth-order valence-electron chi connectivity index (χ4n) is 1.40. The van der Waals surface area contributed by atoms with Crippen LogP contribution in [0, 0.1) is 13.8 Å². The van der Waals surface area contributed by atoms with Gasteiger partial charge in [0.15, 0.2) is 0 Å². The van der Waals surface area contributed by atoms with Gasteiger partial charge in [0.25, 0.3) is 5.91 Å². The predicted octanol–water partition coefficient (Wildman–Crippen LogP) is 4.12. The van der Waals surface area contributed by atoms with Crippen molar-refractivity contribution in [1.82, 2.24) is 5.32 Å². The molecule has 0 spiro atoms. The SMILES string of the molecule is Cc1cc(C(=O)NCc2sccc2C)sc1Br. The van der Waals surface area contributed by atoms with Crippen molar-refractivity contribution in [2.24, 2.45) is 0 Å². The van der Waals surface area contributed by atoms with Gasteiger partial charge in [-0.15, -0.1) is 22.7 Å². The lowest BCUT2D eigenvalue weighted by Crippen LogP contribution is -2.21. The van der Waals surface area contributed by atoms with Crippen LogP contribution in [0.1, 0.15) is 25.7 Å². The molecule has 0 fully saturated rings. The van der Waals surface area contributed by atoms with E-state index in [-0.39, 0.29) is 5.91 Å². The zero-order valence-electron chi connectivity index (χ0n) is 9.54. The van der Waals surface area contributed by atoms with Gasteiger partial charge in [-0.1, -0.05) is 0 Å². The Labute approximate surface area is 117 Å². The summed E-state index contributed by atoms with van der Waals surface area (Å²) in [4.78, 5) is 13.9. The third kappa shape index (κ3) is 2.97. The number of nitrogens with one attached hydrogen (secondary N) is 1. The molecule has 2 heterocycles. The predicted molar refractivity (Wildman–Crippen MR) is 77.0 cm³/mol. The van der Waals surface area contributed by atoms with Crippen LogP contribution in [-0.2, 0) is 6.54 Å². The topological polar surface area (TPSA) is 29.1 Å². The molecule has 0 bridgehead atoms. The maximum Gasteiger partial charge on any atom is 0.261 e. The fraction of sp³-hybridized carbons (Fsp3) is 0.250. The van der Waals surface area contributed by atoms with E-state index in [9.17, 15) is 4.79 Å². The maximum atomic E-state index is 11.9. The molecule has 0 aromatic carbocycles. The van der Waals surface area contributed by atoms with Crippen molar-refractivity contribution in [3.8, 4) is 0 Å². The number of amides is 1. The molecule has 0 aliphatic carbocycles. The van der Waals surface area contributed by atoms with Gasteiger partial charge in [0, 0.05) is 4.88 Å². The molecule has 17 heavy (non-hydrogen) atoms. The van der Waals surface area contributed by atoms with E-state index in [1.165, 1.54) is 21.8 Å². The van der Waals surface area contributed by atoms with Gasteiger partial charge in [0.2, 0.25) is 0 Å². The number of carbonyl (C=O) groups is 1. The van der Waals surface area contributed by atoms with Gasteiger partial charge in [-0.3, -0.25) is 4.79 Å². The van der Waals surface area contributed by atoms with Gasteiger partial charge in [-0.25, -0.2) is 0 Å². The molecule has 2 nitrogen and oxygen atoms in total. The van der Waals surface area contributed by atoms with Crippen molar-refractivity contribution < 1.29 is 4.79 Å². The quantitative estimate of drug-likeness (QED) is 0.901. The molecule has 0 aliphatic heterocycles. The van der Waals surface area contributed by atoms with Crippen molar-refractivity contribution in [2.75, 3.05) is 0 Å². The number of halogens is 1. The molecule has 0 atom stereocenters. The third-order valence-corrected chi connectivity index (χ3v) is 5.62. The zero-order valence-corrected chi connectivity index (χ0v) is 12.8. The van der Waals surface area contributed by atoms with Crippen LogP contribution in [0.5, 0.6) is 0 Å². The van der Waals surface area contributed by atoms with Crippen LogP contribution < -0.4 is 5.32 Å². The molecule has 0 aliphatic rings. The minimum atomic E-state index is -0.00315. The van der Waals surface area contributed by atoms with Crippen molar-refractivity contribution >= 4 is 44.5 Å². The Kier molecular flexibility index (Phi) is 4.01.